The summed E-state index contributed by atoms with van der Waals surface area (Å²) in [4.78, 5) is 2.01. The molecular weight excluding hydrogens is 226 g/mol. The molecule has 1 aromatic rings. The summed E-state index contributed by atoms with van der Waals surface area (Å²) in [6.07, 6.45) is 0.992. The Morgan fingerprint density at radius 2 is 2.06 bits per heavy atom. The van der Waals surface area contributed by atoms with E-state index in [-0.39, 0.29) is 5.92 Å². The molecule has 98 valence electrons. The highest BCUT2D eigenvalue weighted by Gasteiger charge is 2.45. The van der Waals surface area contributed by atoms with E-state index in [2.05, 4.69) is 12.2 Å². The maximum absolute atomic E-state index is 8.46. The summed E-state index contributed by atoms with van der Waals surface area (Å²) in [5, 5.41) is 11.6. The quantitative estimate of drug-likeness (QED) is 0.804. The molecule has 1 fully saturated rings. The van der Waals surface area contributed by atoms with Crippen molar-refractivity contribution in [3.05, 3.63) is 30.3 Å². The van der Waals surface area contributed by atoms with Gasteiger partial charge in [0.15, 0.2) is 5.72 Å². The third-order valence-corrected chi connectivity index (χ3v) is 3.86. The molecule has 4 nitrogen and oxygen atoms in total. The molecule has 0 radical (unpaired) electrons. The van der Waals surface area contributed by atoms with Gasteiger partial charge in [0, 0.05) is 25.3 Å². The van der Waals surface area contributed by atoms with E-state index >= 15 is 0 Å². The third kappa shape index (κ3) is 1.91. The molecule has 1 saturated heterocycles. The van der Waals surface area contributed by atoms with Gasteiger partial charge < -0.3 is 9.64 Å². The molecule has 0 aromatic heterocycles. The SMILES string of the molecule is CNC1(OC)C(=N)N(c2ccccc2)CCC1C. The number of anilines is 1. The molecule has 0 aliphatic carbocycles. The van der Waals surface area contributed by atoms with Crippen molar-refractivity contribution in [2.45, 2.75) is 19.1 Å². The first-order valence-corrected chi connectivity index (χ1v) is 6.31. The molecule has 1 aliphatic heterocycles. The summed E-state index contributed by atoms with van der Waals surface area (Å²) in [6.45, 7) is 2.98. The van der Waals surface area contributed by atoms with Crippen LogP contribution in [0.1, 0.15) is 13.3 Å². The van der Waals surface area contributed by atoms with E-state index in [9.17, 15) is 0 Å². The van der Waals surface area contributed by atoms with Crippen molar-refractivity contribution in [3.8, 4) is 0 Å². The van der Waals surface area contributed by atoms with E-state index < -0.39 is 5.72 Å². The molecule has 0 spiro atoms. The topological polar surface area (TPSA) is 48.4 Å². The Morgan fingerprint density at radius 1 is 1.39 bits per heavy atom. The molecule has 1 aliphatic rings. The first-order chi connectivity index (χ1) is 8.65. The van der Waals surface area contributed by atoms with Gasteiger partial charge >= 0.3 is 0 Å². The summed E-state index contributed by atoms with van der Waals surface area (Å²) >= 11 is 0. The smallest absolute Gasteiger partial charge is 0.179 e. The van der Waals surface area contributed by atoms with Gasteiger partial charge in [-0.25, -0.2) is 0 Å². The molecule has 0 amide bonds. The predicted octanol–water partition coefficient (Wildman–Crippen LogP) is 2.07. The maximum atomic E-state index is 8.46. The standard InChI is InChI=1S/C14H21N3O/c1-11-9-10-17(12-7-5-4-6-8-12)13(15)14(11,16-2)18-3/h4-8,11,15-16H,9-10H2,1-3H3. The van der Waals surface area contributed by atoms with Gasteiger partial charge in [-0.2, -0.15) is 0 Å². The minimum absolute atomic E-state index is 0.278. The van der Waals surface area contributed by atoms with Crippen LogP contribution in [0.3, 0.4) is 0 Å². The monoisotopic (exact) mass is 247 g/mol. The lowest BCUT2D eigenvalue weighted by Crippen LogP contribution is -2.65. The lowest BCUT2D eigenvalue weighted by atomic mass is 9.87. The van der Waals surface area contributed by atoms with Gasteiger partial charge in [0.05, 0.1) is 0 Å². The molecule has 18 heavy (non-hydrogen) atoms. The van der Waals surface area contributed by atoms with E-state index in [0.717, 1.165) is 18.7 Å². The Hall–Kier alpha value is -1.39. The molecule has 2 unspecified atom stereocenters. The van der Waals surface area contributed by atoms with E-state index in [0.29, 0.717) is 5.84 Å². The van der Waals surface area contributed by atoms with Crippen LogP contribution in [-0.2, 0) is 4.74 Å². The van der Waals surface area contributed by atoms with Crippen molar-refractivity contribution < 1.29 is 4.74 Å². The van der Waals surface area contributed by atoms with Crippen molar-refractivity contribution in [2.24, 2.45) is 5.92 Å². The average molecular weight is 247 g/mol. The van der Waals surface area contributed by atoms with E-state index in [1.54, 1.807) is 7.11 Å². The summed E-state index contributed by atoms with van der Waals surface area (Å²) in [6, 6.07) is 10.0. The number of para-hydroxylation sites is 1. The number of nitrogens with zero attached hydrogens (tertiary/aromatic N) is 1. The number of rotatable bonds is 3. The maximum Gasteiger partial charge on any atom is 0.179 e. The molecule has 1 heterocycles. The van der Waals surface area contributed by atoms with Crippen LogP contribution in [0.2, 0.25) is 0 Å². The minimum atomic E-state index is -0.686. The zero-order valence-corrected chi connectivity index (χ0v) is 11.2. The molecule has 4 heteroatoms. The van der Waals surface area contributed by atoms with Crippen LogP contribution >= 0.6 is 0 Å². The second-order valence-corrected chi connectivity index (χ2v) is 4.72. The van der Waals surface area contributed by atoms with Gasteiger partial charge in [0.1, 0.15) is 5.84 Å². The second kappa shape index (κ2) is 5.08. The number of benzene rings is 1. The first kappa shape index (κ1) is 13.1. The summed E-state index contributed by atoms with van der Waals surface area (Å²) < 4.78 is 5.63. The third-order valence-electron chi connectivity index (χ3n) is 3.86. The molecule has 1 aromatic carbocycles. The molecular formula is C14H21N3O. The van der Waals surface area contributed by atoms with Crippen LogP contribution in [-0.4, -0.2) is 32.3 Å². The molecule has 0 bridgehead atoms. The van der Waals surface area contributed by atoms with Crippen LogP contribution in [0.25, 0.3) is 0 Å². The summed E-state index contributed by atoms with van der Waals surface area (Å²) in [5.74, 6) is 0.761. The van der Waals surface area contributed by atoms with Gasteiger partial charge in [-0.1, -0.05) is 25.1 Å². The van der Waals surface area contributed by atoms with Crippen LogP contribution < -0.4 is 10.2 Å². The molecule has 2 rings (SSSR count). The van der Waals surface area contributed by atoms with Crippen LogP contribution in [0, 0.1) is 11.3 Å². The molecule has 2 N–H and O–H groups in total. The number of hydrogen-bond acceptors (Lipinski definition) is 3. The van der Waals surface area contributed by atoms with Crippen LogP contribution in [0.4, 0.5) is 5.69 Å². The van der Waals surface area contributed by atoms with E-state index in [1.807, 2.05) is 42.3 Å². The summed E-state index contributed by atoms with van der Waals surface area (Å²) in [7, 11) is 3.51. The van der Waals surface area contributed by atoms with Gasteiger partial charge in [-0.05, 0) is 25.6 Å². The van der Waals surface area contributed by atoms with Crippen molar-refractivity contribution in [1.29, 1.82) is 5.41 Å². The number of hydrogen-bond donors (Lipinski definition) is 2. The predicted molar refractivity (Wildman–Crippen MR) is 74.1 cm³/mol. The zero-order chi connectivity index (χ0) is 13.2. The fraction of sp³-hybridized carbons (Fsp3) is 0.500. The fourth-order valence-corrected chi connectivity index (χ4v) is 2.70. The lowest BCUT2D eigenvalue weighted by molar-refractivity contribution is -0.0258. The van der Waals surface area contributed by atoms with Crippen LogP contribution in [0.15, 0.2) is 30.3 Å². The highest BCUT2D eigenvalue weighted by atomic mass is 16.5. The largest absolute Gasteiger partial charge is 0.356 e. The number of likely N-dealkylation sites (N-methyl/N-ethyl adjacent to an activating group) is 1. The number of nitrogens with one attached hydrogen (secondary N) is 2. The number of methoxy groups -OCH3 is 1. The number of amidine groups is 1. The first-order valence-electron chi connectivity index (χ1n) is 6.31. The van der Waals surface area contributed by atoms with Gasteiger partial charge in [-0.15, -0.1) is 0 Å². The van der Waals surface area contributed by atoms with E-state index in [4.69, 9.17) is 10.1 Å². The van der Waals surface area contributed by atoms with E-state index in [1.165, 1.54) is 0 Å². The normalized spacial score (nSPS) is 28.5. The Labute approximate surface area is 108 Å². The Balaban J connectivity index is 2.34. The van der Waals surface area contributed by atoms with Crippen molar-refractivity contribution in [3.63, 3.8) is 0 Å². The van der Waals surface area contributed by atoms with Gasteiger partial charge in [0.25, 0.3) is 0 Å². The summed E-state index contributed by atoms with van der Waals surface area (Å²) in [5.41, 5.74) is 0.361. The Morgan fingerprint density at radius 3 is 2.61 bits per heavy atom. The van der Waals surface area contributed by atoms with Crippen molar-refractivity contribution in [1.82, 2.24) is 5.32 Å². The van der Waals surface area contributed by atoms with Crippen LogP contribution in [0.5, 0.6) is 0 Å². The molecule has 2 atom stereocenters. The Bertz CT molecular complexity index is 414. The van der Waals surface area contributed by atoms with Crippen molar-refractivity contribution in [2.75, 3.05) is 25.6 Å². The molecule has 0 saturated carbocycles. The highest BCUT2D eigenvalue weighted by Crippen LogP contribution is 2.32. The highest BCUT2D eigenvalue weighted by molar-refractivity contribution is 6.02. The minimum Gasteiger partial charge on any atom is -0.356 e. The van der Waals surface area contributed by atoms with Gasteiger partial charge in [0.2, 0.25) is 0 Å². The lowest BCUT2D eigenvalue weighted by Gasteiger charge is -2.46. The number of ether oxygens (including phenoxy) is 1. The Kier molecular flexibility index (Phi) is 3.68. The average Bonchev–Trinajstić information content (AvgIpc) is 2.41. The fourth-order valence-electron chi connectivity index (χ4n) is 2.70. The van der Waals surface area contributed by atoms with Gasteiger partial charge in [-0.3, -0.25) is 10.7 Å². The second-order valence-electron chi connectivity index (χ2n) is 4.72. The van der Waals surface area contributed by atoms with Crippen molar-refractivity contribution >= 4 is 11.5 Å². The number of piperidine rings is 1. The zero-order valence-electron chi connectivity index (χ0n) is 11.2.